The van der Waals surface area contributed by atoms with Crippen LogP contribution in [0.25, 0.3) is 0 Å². The molecule has 5 N–H and O–H groups in total. The topological polar surface area (TPSA) is 192 Å². The molecule has 0 aliphatic carbocycles. The van der Waals surface area contributed by atoms with Gasteiger partial charge in [0.15, 0.2) is 6.10 Å². The summed E-state index contributed by atoms with van der Waals surface area (Å²) in [6.45, 7) is 2.37. The summed E-state index contributed by atoms with van der Waals surface area (Å²) in [7, 11) is -4.75. The first-order valence-electron chi connectivity index (χ1n) is 22.7. The van der Waals surface area contributed by atoms with E-state index in [4.69, 9.17) is 24.8 Å². The molecule has 0 saturated carbocycles. The first-order chi connectivity index (χ1) is 29.5. The number of carbonyl (C=O) groups excluding carboxylic acids is 2. The predicted octanol–water partition coefficient (Wildman–Crippen LogP) is 11.3. The van der Waals surface area contributed by atoms with Crippen LogP contribution in [-0.4, -0.2) is 71.1 Å². The molecule has 4 atom stereocenters. The minimum absolute atomic E-state index is 0.124. The number of carboxylic acids is 1. The third kappa shape index (κ3) is 41.7. The summed E-state index contributed by atoms with van der Waals surface area (Å²) in [5.41, 5.74) is 5.33. The maximum atomic E-state index is 12.7. The highest BCUT2D eigenvalue weighted by atomic mass is 31.2. The molecular formula is C48H80NO11P. The van der Waals surface area contributed by atoms with Crippen LogP contribution in [0.2, 0.25) is 0 Å². The molecule has 0 aliphatic heterocycles. The lowest BCUT2D eigenvalue weighted by atomic mass is 10.1. The van der Waals surface area contributed by atoms with Crippen molar-refractivity contribution in [3.8, 4) is 0 Å². The van der Waals surface area contributed by atoms with Gasteiger partial charge in [-0.3, -0.25) is 23.4 Å². The zero-order valence-corrected chi connectivity index (χ0v) is 38.2. The summed E-state index contributed by atoms with van der Waals surface area (Å²) in [5.74, 6) is -2.49. The number of unbranched alkanes of at least 4 members (excludes halogenated alkanes) is 13. The normalized spacial score (nSPS) is 15.0. The van der Waals surface area contributed by atoms with Gasteiger partial charge in [0.25, 0.3) is 0 Å². The van der Waals surface area contributed by atoms with Gasteiger partial charge in [-0.25, -0.2) is 4.57 Å². The number of rotatable bonds is 41. The van der Waals surface area contributed by atoms with Gasteiger partial charge < -0.3 is 30.3 Å². The van der Waals surface area contributed by atoms with Crippen molar-refractivity contribution < 1.29 is 52.6 Å². The number of ether oxygens (including phenoxy) is 2. The lowest BCUT2D eigenvalue weighted by Crippen LogP contribution is -2.34. The number of carboxylic acid groups (broad SMARTS) is 1. The molecule has 0 bridgehead atoms. The van der Waals surface area contributed by atoms with Crippen LogP contribution in [0.3, 0.4) is 0 Å². The number of carbonyl (C=O) groups is 3. The molecule has 0 saturated heterocycles. The van der Waals surface area contributed by atoms with E-state index < -0.39 is 63.8 Å². The summed E-state index contributed by atoms with van der Waals surface area (Å²) >= 11 is 0. The number of nitrogens with two attached hydrogens (primary N) is 1. The van der Waals surface area contributed by atoms with Crippen molar-refractivity contribution in [2.24, 2.45) is 5.73 Å². The molecular weight excluding hydrogens is 797 g/mol. The van der Waals surface area contributed by atoms with E-state index >= 15 is 0 Å². The number of aliphatic hydroxyl groups excluding tert-OH is 1. The van der Waals surface area contributed by atoms with Gasteiger partial charge in [-0.05, 0) is 77.0 Å². The van der Waals surface area contributed by atoms with Crippen LogP contribution in [0.5, 0.6) is 0 Å². The quantitative estimate of drug-likeness (QED) is 0.0150. The highest BCUT2D eigenvalue weighted by Gasteiger charge is 2.28. The maximum Gasteiger partial charge on any atom is 0.472 e. The highest BCUT2D eigenvalue weighted by Crippen LogP contribution is 2.43. The Labute approximate surface area is 367 Å². The Balaban J connectivity index is 4.45. The van der Waals surface area contributed by atoms with E-state index in [1.165, 1.54) is 51.4 Å². The molecule has 0 aromatic rings. The summed E-state index contributed by atoms with van der Waals surface area (Å²) in [4.78, 5) is 46.0. The Morgan fingerprint density at radius 3 is 1.62 bits per heavy atom. The van der Waals surface area contributed by atoms with E-state index in [9.17, 15) is 28.9 Å². The average molecular weight is 878 g/mol. The van der Waals surface area contributed by atoms with Crippen molar-refractivity contribution in [1.82, 2.24) is 0 Å². The first kappa shape index (κ1) is 57.6. The molecule has 13 heteroatoms. The Kier molecular flexibility index (Phi) is 39.6. The van der Waals surface area contributed by atoms with E-state index in [1.54, 1.807) is 6.08 Å². The summed E-state index contributed by atoms with van der Waals surface area (Å²) < 4.78 is 32.7. The van der Waals surface area contributed by atoms with Gasteiger partial charge in [-0.1, -0.05) is 157 Å². The molecule has 12 nitrogen and oxygen atoms in total. The summed E-state index contributed by atoms with van der Waals surface area (Å²) in [5, 5.41) is 18.4. The van der Waals surface area contributed by atoms with Crippen molar-refractivity contribution in [3.63, 3.8) is 0 Å². The molecule has 0 heterocycles. The van der Waals surface area contributed by atoms with E-state index in [0.29, 0.717) is 25.7 Å². The zero-order valence-electron chi connectivity index (χ0n) is 37.3. The molecule has 0 aliphatic rings. The Morgan fingerprint density at radius 2 is 1.07 bits per heavy atom. The number of phosphoric ester groups is 1. The van der Waals surface area contributed by atoms with Gasteiger partial charge in [0.2, 0.25) is 0 Å². The fourth-order valence-electron chi connectivity index (χ4n) is 5.55. The molecule has 1 unspecified atom stereocenters. The summed E-state index contributed by atoms with van der Waals surface area (Å²) in [6, 6.07) is -1.54. The molecule has 0 amide bonds. The second kappa shape index (κ2) is 41.9. The van der Waals surface area contributed by atoms with Gasteiger partial charge >= 0.3 is 25.7 Å². The number of aliphatic carboxylic acids is 1. The second-order valence-corrected chi connectivity index (χ2v) is 16.5. The number of phosphoric acid groups is 1. The monoisotopic (exact) mass is 878 g/mol. The molecule has 0 spiro atoms. The SMILES string of the molecule is CCCCC/C=C\C/C=C\CCCCCCCCCCCC(=O)O[C@H](COC(=O)CCC/C=C\C/C=C\C/C=C\C/C=C\C=C\[C@@H](O)CC)COP(=O)(O)OC[C@H](N)C(=O)O. The van der Waals surface area contributed by atoms with Crippen LogP contribution in [0.1, 0.15) is 162 Å². The highest BCUT2D eigenvalue weighted by molar-refractivity contribution is 7.47. The van der Waals surface area contributed by atoms with Crippen LogP contribution < -0.4 is 5.73 Å². The van der Waals surface area contributed by atoms with E-state index in [0.717, 1.165) is 57.8 Å². The maximum absolute atomic E-state index is 12.7. The largest absolute Gasteiger partial charge is 0.480 e. The summed E-state index contributed by atoms with van der Waals surface area (Å²) in [6.07, 6.45) is 48.8. The number of esters is 2. The van der Waals surface area contributed by atoms with Crippen LogP contribution in [-0.2, 0) is 37.5 Å². The van der Waals surface area contributed by atoms with Crippen LogP contribution >= 0.6 is 7.82 Å². The third-order valence-electron chi connectivity index (χ3n) is 9.28. The Hall–Kier alpha value is -3.38. The van der Waals surface area contributed by atoms with Crippen molar-refractivity contribution >= 4 is 25.7 Å². The minimum atomic E-state index is -4.75. The van der Waals surface area contributed by atoms with Gasteiger partial charge in [-0.2, -0.15) is 0 Å². The molecule has 0 rings (SSSR count). The zero-order chi connectivity index (χ0) is 45.1. The number of allylic oxidation sites excluding steroid dienone is 13. The molecule has 0 aromatic heterocycles. The third-order valence-corrected chi connectivity index (χ3v) is 10.2. The Bertz CT molecular complexity index is 1370. The van der Waals surface area contributed by atoms with Gasteiger partial charge in [0, 0.05) is 12.8 Å². The number of hydrogen-bond acceptors (Lipinski definition) is 10. The predicted molar refractivity (Wildman–Crippen MR) is 246 cm³/mol. The molecule has 61 heavy (non-hydrogen) atoms. The van der Waals surface area contributed by atoms with Crippen molar-refractivity contribution in [2.45, 2.75) is 180 Å². The van der Waals surface area contributed by atoms with E-state index in [-0.39, 0.29) is 12.8 Å². The average Bonchev–Trinajstić information content (AvgIpc) is 3.24. The molecule has 0 radical (unpaired) electrons. The van der Waals surface area contributed by atoms with Gasteiger partial charge in [-0.15, -0.1) is 0 Å². The van der Waals surface area contributed by atoms with E-state index in [2.05, 4.69) is 60.1 Å². The van der Waals surface area contributed by atoms with E-state index in [1.807, 2.05) is 37.3 Å². The fourth-order valence-corrected chi connectivity index (χ4v) is 6.33. The molecule has 0 fully saturated rings. The molecule has 0 aromatic carbocycles. The number of aliphatic hydroxyl groups is 1. The Morgan fingerprint density at radius 1 is 0.590 bits per heavy atom. The lowest BCUT2D eigenvalue weighted by molar-refractivity contribution is -0.161. The van der Waals surface area contributed by atoms with Crippen molar-refractivity contribution in [1.29, 1.82) is 0 Å². The van der Waals surface area contributed by atoms with Crippen LogP contribution in [0.15, 0.2) is 85.1 Å². The van der Waals surface area contributed by atoms with Gasteiger partial charge in [0.1, 0.15) is 12.6 Å². The standard InChI is InChI=1S/C48H80NO11P/c1-3-5-6-7-8-9-10-11-12-13-14-15-16-21-24-27-30-33-36-39-47(52)60-44(41-58-61(55,56)59-42-45(49)48(53)54)40-57-46(51)38-35-32-29-26-23-20-18-17-19-22-25-28-31-34-37-43(50)4-2/h8-9,11-12,18-20,22,26,28-29,31,34,37,43-45,50H,3-7,10,13-17,21,23-25,27,30,32-33,35-36,38-42,49H2,1-2H3,(H,53,54)(H,55,56)/b9-8-,12-11-,20-18-,22-19-,29-26-,31-28-,37-34+/t43-,44+,45-/m0/s1. The smallest absolute Gasteiger partial charge is 0.472 e. The molecule has 348 valence electrons. The van der Waals surface area contributed by atoms with Gasteiger partial charge in [0.05, 0.1) is 19.3 Å². The minimum Gasteiger partial charge on any atom is -0.480 e. The second-order valence-electron chi connectivity index (χ2n) is 15.0. The van der Waals surface area contributed by atoms with Crippen LogP contribution in [0, 0.1) is 0 Å². The lowest BCUT2D eigenvalue weighted by Gasteiger charge is -2.20. The van der Waals surface area contributed by atoms with Crippen molar-refractivity contribution in [2.75, 3.05) is 19.8 Å². The van der Waals surface area contributed by atoms with Crippen molar-refractivity contribution in [3.05, 3.63) is 85.1 Å². The first-order valence-corrected chi connectivity index (χ1v) is 24.2. The van der Waals surface area contributed by atoms with Crippen LogP contribution in [0.4, 0.5) is 0 Å². The fraction of sp³-hybridized carbons (Fsp3) is 0.646. The number of hydrogen-bond donors (Lipinski definition) is 4.